The molecule has 0 spiro atoms. The van der Waals surface area contributed by atoms with E-state index in [1.54, 1.807) is 23.2 Å². The van der Waals surface area contributed by atoms with Gasteiger partial charge in [0, 0.05) is 36.7 Å². The molecular weight excluding hydrogens is 404 g/mol. The molecule has 30 heavy (non-hydrogen) atoms. The van der Waals surface area contributed by atoms with Crippen LogP contribution in [-0.2, 0) is 21.2 Å². The Bertz CT molecular complexity index is 1200. The highest BCUT2D eigenvalue weighted by molar-refractivity contribution is 7.89. The second-order valence-electron chi connectivity index (χ2n) is 7.38. The van der Waals surface area contributed by atoms with Crippen molar-refractivity contribution in [1.82, 2.24) is 15.2 Å². The molecular formula is C21H22N4O4S. The van der Waals surface area contributed by atoms with Crippen LogP contribution in [0.5, 0.6) is 0 Å². The molecule has 4 N–H and O–H groups in total. The van der Waals surface area contributed by atoms with Gasteiger partial charge in [0.15, 0.2) is 0 Å². The number of fused-ring (bicyclic) bond motifs is 1. The summed E-state index contributed by atoms with van der Waals surface area (Å²) in [6, 6.07) is 13.9. The lowest BCUT2D eigenvalue weighted by Gasteiger charge is -2.38. The SMILES string of the molecule is NS(=O)(=O)c1ccc(CCNC(=O)C2CN(C(=O)c3c[nH]c4ccccc34)C2)cc1. The lowest BCUT2D eigenvalue weighted by molar-refractivity contribution is -0.128. The van der Waals surface area contributed by atoms with E-state index in [1.807, 2.05) is 24.3 Å². The van der Waals surface area contributed by atoms with Gasteiger partial charge in [-0.15, -0.1) is 0 Å². The van der Waals surface area contributed by atoms with Crippen molar-refractivity contribution in [3.05, 3.63) is 65.9 Å². The Morgan fingerprint density at radius 2 is 1.80 bits per heavy atom. The number of benzene rings is 2. The molecule has 8 nitrogen and oxygen atoms in total. The van der Waals surface area contributed by atoms with Crippen LogP contribution < -0.4 is 10.5 Å². The summed E-state index contributed by atoms with van der Waals surface area (Å²) in [7, 11) is -3.71. The van der Waals surface area contributed by atoms with Crippen LogP contribution in [0.15, 0.2) is 59.6 Å². The zero-order valence-corrected chi connectivity index (χ0v) is 17.0. The first-order valence-corrected chi connectivity index (χ1v) is 11.1. The molecule has 1 fully saturated rings. The number of carbonyl (C=O) groups excluding carboxylic acids is 2. The minimum absolute atomic E-state index is 0.0599. The van der Waals surface area contributed by atoms with Gasteiger partial charge in [-0.2, -0.15) is 0 Å². The van der Waals surface area contributed by atoms with E-state index in [-0.39, 0.29) is 22.6 Å². The number of amides is 2. The number of aromatic amines is 1. The van der Waals surface area contributed by atoms with Crippen LogP contribution in [0.1, 0.15) is 15.9 Å². The number of para-hydroxylation sites is 1. The number of sulfonamides is 1. The van der Waals surface area contributed by atoms with Gasteiger partial charge < -0.3 is 15.2 Å². The molecule has 2 heterocycles. The summed E-state index contributed by atoms with van der Waals surface area (Å²) in [4.78, 5) is 29.8. The Labute approximate surface area is 174 Å². The van der Waals surface area contributed by atoms with Crippen LogP contribution in [0.4, 0.5) is 0 Å². The van der Waals surface area contributed by atoms with Gasteiger partial charge in [0.25, 0.3) is 5.91 Å². The van der Waals surface area contributed by atoms with Crippen LogP contribution in [0.25, 0.3) is 10.9 Å². The van der Waals surface area contributed by atoms with Crippen molar-refractivity contribution in [2.75, 3.05) is 19.6 Å². The summed E-state index contributed by atoms with van der Waals surface area (Å²) in [5.41, 5.74) is 2.42. The molecule has 2 aromatic carbocycles. The highest BCUT2D eigenvalue weighted by atomic mass is 32.2. The number of likely N-dealkylation sites (tertiary alicyclic amines) is 1. The highest BCUT2D eigenvalue weighted by Gasteiger charge is 2.36. The van der Waals surface area contributed by atoms with Crippen LogP contribution in [-0.4, -0.2) is 49.8 Å². The van der Waals surface area contributed by atoms with Crippen LogP contribution in [0, 0.1) is 5.92 Å². The fourth-order valence-corrected chi connectivity index (χ4v) is 4.06. The van der Waals surface area contributed by atoms with E-state index in [4.69, 9.17) is 5.14 Å². The first-order chi connectivity index (χ1) is 14.3. The Kier molecular flexibility index (Phi) is 5.31. The Morgan fingerprint density at radius 1 is 1.10 bits per heavy atom. The number of aromatic nitrogens is 1. The largest absolute Gasteiger partial charge is 0.360 e. The average molecular weight is 426 g/mol. The number of rotatable bonds is 6. The summed E-state index contributed by atoms with van der Waals surface area (Å²) >= 11 is 0. The molecule has 2 amide bonds. The van der Waals surface area contributed by atoms with E-state index in [0.717, 1.165) is 16.5 Å². The Hall–Kier alpha value is -3.17. The van der Waals surface area contributed by atoms with Crippen LogP contribution in [0.3, 0.4) is 0 Å². The van der Waals surface area contributed by atoms with E-state index in [1.165, 1.54) is 12.1 Å². The smallest absolute Gasteiger partial charge is 0.256 e. The van der Waals surface area contributed by atoms with Crippen molar-refractivity contribution in [2.45, 2.75) is 11.3 Å². The Balaban J connectivity index is 1.25. The highest BCUT2D eigenvalue weighted by Crippen LogP contribution is 2.24. The molecule has 4 rings (SSSR count). The van der Waals surface area contributed by atoms with Crippen molar-refractivity contribution < 1.29 is 18.0 Å². The van der Waals surface area contributed by atoms with Crippen molar-refractivity contribution in [3.63, 3.8) is 0 Å². The quantitative estimate of drug-likeness (QED) is 0.548. The van der Waals surface area contributed by atoms with E-state index < -0.39 is 10.0 Å². The molecule has 1 aliphatic rings. The zero-order chi connectivity index (χ0) is 21.3. The number of H-pyrrole nitrogens is 1. The molecule has 156 valence electrons. The van der Waals surface area contributed by atoms with Gasteiger partial charge in [0.2, 0.25) is 15.9 Å². The number of hydrogen-bond acceptors (Lipinski definition) is 4. The number of hydrogen-bond donors (Lipinski definition) is 3. The summed E-state index contributed by atoms with van der Waals surface area (Å²) in [5, 5.41) is 8.83. The molecule has 1 aliphatic heterocycles. The van der Waals surface area contributed by atoms with E-state index >= 15 is 0 Å². The monoisotopic (exact) mass is 426 g/mol. The van der Waals surface area contributed by atoms with E-state index in [9.17, 15) is 18.0 Å². The van der Waals surface area contributed by atoms with Crippen molar-refractivity contribution in [1.29, 1.82) is 0 Å². The van der Waals surface area contributed by atoms with Gasteiger partial charge in [0.05, 0.1) is 16.4 Å². The maximum atomic E-state index is 12.7. The van der Waals surface area contributed by atoms with Gasteiger partial charge in [-0.05, 0) is 30.2 Å². The standard InChI is InChI=1S/C21H22N4O4S/c22-30(28,29)16-7-5-14(6-8-16)9-10-23-20(26)15-12-25(13-15)21(27)18-11-24-19-4-2-1-3-17(18)19/h1-8,11,15,24H,9-10,12-13H2,(H,23,26)(H2,22,28,29). The second kappa shape index (κ2) is 7.92. The number of nitrogens with two attached hydrogens (primary N) is 1. The maximum absolute atomic E-state index is 12.7. The molecule has 3 aromatic rings. The summed E-state index contributed by atoms with van der Waals surface area (Å²) in [6.45, 7) is 1.22. The molecule has 0 radical (unpaired) electrons. The number of carbonyl (C=O) groups is 2. The van der Waals surface area contributed by atoms with Crippen molar-refractivity contribution >= 4 is 32.7 Å². The topological polar surface area (TPSA) is 125 Å². The number of primary sulfonamides is 1. The number of nitrogens with zero attached hydrogens (tertiary/aromatic N) is 1. The van der Waals surface area contributed by atoms with Crippen LogP contribution >= 0.6 is 0 Å². The van der Waals surface area contributed by atoms with E-state index in [0.29, 0.717) is 31.6 Å². The maximum Gasteiger partial charge on any atom is 0.256 e. The summed E-state index contributed by atoms with van der Waals surface area (Å²) < 4.78 is 22.5. The van der Waals surface area contributed by atoms with Gasteiger partial charge in [-0.3, -0.25) is 9.59 Å². The lowest BCUT2D eigenvalue weighted by Crippen LogP contribution is -2.55. The third kappa shape index (κ3) is 4.07. The third-order valence-corrected chi connectivity index (χ3v) is 6.25. The average Bonchev–Trinajstić information content (AvgIpc) is 3.10. The number of nitrogens with one attached hydrogen (secondary N) is 2. The van der Waals surface area contributed by atoms with Gasteiger partial charge in [-0.25, -0.2) is 13.6 Å². The summed E-state index contributed by atoms with van der Waals surface area (Å²) in [5.74, 6) is -0.380. The summed E-state index contributed by atoms with van der Waals surface area (Å²) in [6.07, 6.45) is 2.28. The molecule has 1 aromatic heterocycles. The molecule has 0 saturated carbocycles. The molecule has 9 heteroatoms. The fraction of sp³-hybridized carbons (Fsp3) is 0.238. The minimum atomic E-state index is -3.71. The first-order valence-electron chi connectivity index (χ1n) is 9.58. The van der Waals surface area contributed by atoms with Gasteiger partial charge >= 0.3 is 0 Å². The second-order valence-corrected chi connectivity index (χ2v) is 8.95. The molecule has 0 aliphatic carbocycles. The van der Waals surface area contributed by atoms with Gasteiger partial charge in [-0.1, -0.05) is 30.3 Å². The molecule has 0 atom stereocenters. The molecule has 0 unspecified atom stereocenters. The van der Waals surface area contributed by atoms with E-state index in [2.05, 4.69) is 10.3 Å². The molecule has 1 saturated heterocycles. The van der Waals surface area contributed by atoms with Crippen LogP contribution in [0.2, 0.25) is 0 Å². The molecule has 0 bridgehead atoms. The first kappa shape index (κ1) is 20.1. The third-order valence-electron chi connectivity index (χ3n) is 5.32. The predicted octanol–water partition coefficient (Wildman–Crippen LogP) is 1.25. The fourth-order valence-electron chi connectivity index (χ4n) is 3.55. The zero-order valence-electron chi connectivity index (χ0n) is 16.2. The van der Waals surface area contributed by atoms with Crippen molar-refractivity contribution in [2.24, 2.45) is 11.1 Å². The van der Waals surface area contributed by atoms with Crippen molar-refractivity contribution in [3.8, 4) is 0 Å². The minimum Gasteiger partial charge on any atom is -0.360 e. The normalized spacial score (nSPS) is 14.5. The lowest BCUT2D eigenvalue weighted by atomic mass is 9.97. The Morgan fingerprint density at radius 3 is 2.50 bits per heavy atom. The predicted molar refractivity (Wildman–Crippen MR) is 112 cm³/mol. The van der Waals surface area contributed by atoms with Gasteiger partial charge in [0.1, 0.15) is 0 Å².